The van der Waals surface area contributed by atoms with Crippen molar-refractivity contribution in [2.75, 3.05) is 0 Å². The van der Waals surface area contributed by atoms with Crippen molar-refractivity contribution in [3.8, 4) is 0 Å². The van der Waals surface area contributed by atoms with Gasteiger partial charge in [-0.05, 0) is 30.4 Å². The van der Waals surface area contributed by atoms with Crippen molar-refractivity contribution in [3.63, 3.8) is 0 Å². The molecule has 1 aromatic rings. The number of hydrogen-bond acceptors (Lipinski definition) is 3. The Morgan fingerprint density at radius 3 is 2.31 bits per heavy atom. The van der Waals surface area contributed by atoms with E-state index in [2.05, 4.69) is 13.8 Å². The van der Waals surface area contributed by atoms with Gasteiger partial charge in [-0.2, -0.15) is 0 Å². The maximum absolute atomic E-state index is 10.9. The molecule has 0 radical (unpaired) electrons. The summed E-state index contributed by atoms with van der Waals surface area (Å²) in [4.78, 5) is -0.0781. The SMILES string of the molecule is CC(C)CCc1ccccc1S(=O)(=O)[O-].[K+]. The van der Waals surface area contributed by atoms with Gasteiger partial charge in [0, 0.05) is 0 Å². The van der Waals surface area contributed by atoms with Crippen LogP contribution in [0.5, 0.6) is 0 Å². The molecule has 16 heavy (non-hydrogen) atoms. The van der Waals surface area contributed by atoms with Gasteiger partial charge < -0.3 is 4.55 Å². The number of benzene rings is 1. The minimum atomic E-state index is -4.33. The smallest absolute Gasteiger partial charge is 0.744 e. The molecule has 0 saturated carbocycles. The van der Waals surface area contributed by atoms with Crippen LogP contribution in [-0.4, -0.2) is 13.0 Å². The van der Waals surface area contributed by atoms with Gasteiger partial charge in [-0.25, -0.2) is 8.42 Å². The molecule has 3 nitrogen and oxygen atoms in total. The second-order valence-corrected chi connectivity index (χ2v) is 5.34. The first-order chi connectivity index (χ1) is 6.91. The van der Waals surface area contributed by atoms with Crippen LogP contribution in [0.4, 0.5) is 0 Å². The van der Waals surface area contributed by atoms with Crippen LogP contribution in [0.25, 0.3) is 0 Å². The summed E-state index contributed by atoms with van der Waals surface area (Å²) in [6.07, 6.45) is 1.52. The molecule has 0 amide bonds. The second kappa shape index (κ2) is 7.26. The first kappa shape index (κ1) is 16.8. The van der Waals surface area contributed by atoms with Crippen molar-refractivity contribution in [1.29, 1.82) is 0 Å². The number of aryl methyl sites for hydroxylation is 1. The Morgan fingerprint density at radius 1 is 1.25 bits per heavy atom. The molecule has 0 spiro atoms. The first-order valence-corrected chi connectivity index (χ1v) is 6.36. The topological polar surface area (TPSA) is 57.2 Å². The molecule has 0 atom stereocenters. The molecule has 1 aromatic carbocycles. The molecule has 0 aliphatic heterocycles. The Labute approximate surface area is 140 Å². The molecule has 0 aliphatic rings. The zero-order valence-electron chi connectivity index (χ0n) is 9.93. The van der Waals surface area contributed by atoms with Gasteiger partial charge in [0.25, 0.3) is 0 Å². The normalized spacial score (nSPS) is 11.2. The minimum Gasteiger partial charge on any atom is -0.744 e. The Hall–Kier alpha value is 0.766. The van der Waals surface area contributed by atoms with E-state index >= 15 is 0 Å². The fourth-order valence-corrected chi connectivity index (χ4v) is 2.13. The summed E-state index contributed by atoms with van der Waals surface area (Å²) in [6.45, 7) is 4.13. The van der Waals surface area contributed by atoms with Crippen LogP contribution in [0.2, 0.25) is 0 Å². The Bertz CT molecular complexity index is 427. The zero-order chi connectivity index (χ0) is 11.5. The van der Waals surface area contributed by atoms with Crippen LogP contribution in [0, 0.1) is 5.92 Å². The van der Waals surface area contributed by atoms with E-state index in [9.17, 15) is 13.0 Å². The molecule has 0 saturated heterocycles. The fourth-order valence-electron chi connectivity index (χ4n) is 1.40. The van der Waals surface area contributed by atoms with E-state index in [1.165, 1.54) is 6.07 Å². The van der Waals surface area contributed by atoms with Crippen LogP contribution in [0.3, 0.4) is 0 Å². The third kappa shape index (κ3) is 5.40. The van der Waals surface area contributed by atoms with E-state index in [0.29, 0.717) is 17.9 Å². The van der Waals surface area contributed by atoms with E-state index in [1.54, 1.807) is 18.2 Å². The zero-order valence-corrected chi connectivity index (χ0v) is 13.9. The van der Waals surface area contributed by atoms with Gasteiger partial charge in [0.2, 0.25) is 0 Å². The predicted octanol–water partition coefficient (Wildman–Crippen LogP) is -0.817. The van der Waals surface area contributed by atoms with Gasteiger partial charge in [-0.1, -0.05) is 32.0 Å². The molecule has 0 fully saturated rings. The van der Waals surface area contributed by atoms with E-state index in [-0.39, 0.29) is 56.3 Å². The summed E-state index contributed by atoms with van der Waals surface area (Å²) in [5.74, 6) is 0.493. The summed E-state index contributed by atoms with van der Waals surface area (Å²) in [5.41, 5.74) is 0.626. The van der Waals surface area contributed by atoms with Gasteiger partial charge in [-0.15, -0.1) is 0 Å². The van der Waals surface area contributed by atoms with Gasteiger partial charge in [-0.3, -0.25) is 0 Å². The average Bonchev–Trinajstić information content (AvgIpc) is 2.13. The van der Waals surface area contributed by atoms with Crippen molar-refractivity contribution in [2.24, 2.45) is 5.92 Å². The predicted molar refractivity (Wildman–Crippen MR) is 57.6 cm³/mol. The standard InChI is InChI=1S/C11H16O3S.K/c1-9(2)7-8-10-5-3-4-6-11(10)15(12,13)14;/h3-6,9H,7-8H2,1-2H3,(H,12,13,14);/q;+1/p-1. The summed E-state index contributed by atoms with van der Waals surface area (Å²) < 4.78 is 32.8. The summed E-state index contributed by atoms with van der Waals surface area (Å²) in [6, 6.07) is 6.40. The van der Waals surface area contributed by atoms with Crippen LogP contribution >= 0.6 is 0 Å². The van der Waals surface area contributed by atoms with Crippen molar-refractivity contribution in [2.45, 2.75) is 31.6 Å². The Balaban J connectivity index is 0.00000225. The monoisotopic (exact) mass is 266 g/mol. The molecule has 0 unspecified atom stereocenters. The van der Waals surface area contributed by atoms with Crippen molar-refractivity contribution >= 4 is 10.1 Å². The summed E-state index contributed by atoms with van der Waals surface area (Å²) >= 11 is 0. The first-order valence-electron chi connectivity index (χ1n) is 4.95. The van der Waals surface area contributed by atoms with Crippen LogP contribution in [0.1, 0.15) is 25.8 Å². The molecule has 5 heteroatoms. The number of rotatable bonds is 4. The third-order valence-corrected chi connectivity index (χ3v) is 3.17. The maximum atomic E-state index is 10.9. The van der Waals surface area contributed by atoms with Crippen LogP contribution in [-0.2, 0) is 16.5 Å². The van der Waals surface area contributed by atoms with Crippen molar-refractivity contribution in [3.05, 3.63) is 29.8 Å². The fraction of sp³-hybridized carbons (Fsp3) is 0.455. The average molecular weight is 266 g/mol. The van der Waals surface area contributed by atoms with Crippen molar-refractivity contribution in [1.82, 2.24) is 0 Å². The molecule has 84 valence electrons. The number of hydrogen-bond donors (Lipinski definition) is 0. The van der Waals surface area contributed by atoms with E-state index in [1.807, 2.05) is 0 Å². The molecule has 1 rings (SSSR count). The molecule has 0 bridgehead atoms. The van der Waals surface area contributed by atoms with E-state index < -0.39 is 10.1 Å². The van der Waals surface area contributed by atoms with Gasteiger partial charge >= 0.3 is 51.4 Å². The second-order valence-electron chi connectivity index (χ2n) is 3.99. The van der Waals surface area contributed by atoms with Gasteiger partial charge in [0.05, 0.1) is 4.90 Å². The van der Waals surface area contributed by atoms with E-state index in [0.717, 1.165) is 6.42 Å². The quantitative estimate of drug-likeness (QED) is 0.529. The van der Waals surface area contributed by atoms with Gasteiger partial charge in [0.1, 0.15) is 10.1 Å². The van der Waals surface area contributed by atoms with E-state index in [4.69, 9.17) is 0 Å². The molecule has 0 N–H and O–H groups in total. The summed E-state index contributed by atoms with van der Waals surface area (Å²) in [5, 5.41) is 0. The molecular weight excluding hydrogens is 251 g/mol. The largest absolute Gasteiger partial charge is 1.00 e. The van der Waals surface area contributed by atoms with Crippen molar-refractivity contribution < 1.29 is 64.4 Å². The maximum Gasteiger partial charge on any atom is 1.00 e. The summed E-state index contributed by atoms with van der Waals surface area (Å²) in [7, 11) is -4.33. The van der Waals surface area contributed by atoms with Crippen LogP contribution < -0.4 is 51.4 Å². The minimum absolute atomic E-state index is 0. The molecule has 0 aliphatic carbocycles. The molecule has 0 aromatic heterocycles. The third-order valence-electron chi connectivity index (χ3n) is 2.23. The Morgan fingerprint density at radius 2 is 1.81 bits per heavy atom. The van der Waals surface area contributed by atoms with Gasteiger partial charge in [0.15, 0.2) is 0 Å². The Kier molecular flexibility index (Phi) is 7.60. The van der Waals surface area contributed by atoms with Crippen LogP contribution in [0.15, 0.2) is 29.2 Å². The molecule has 0 heterocycles. The molecular formula is C11H15KO3S.